The summed E-state index contributed by atoms with van der Waals surface area (Å²) in [5.74, 6) is 1.85. The summed E-state index contributed by atoms with van der Waals surface area (Å²) in [4.78, 5) is 0. The van der Waals surface area contributed by atoms with Crippen LogP contribution in [-0.2, 0) is 0 Å². The molecule has 7 heteroatoms. The van der Waals surface area contributed by atoms with Gasteiger partial charge in [-0.25, -0.2) is 0 Å². The molecule has 0 amide bonds. The molecule has 0 aliphatic carbocycles. The molecule has 1 aromatic heterocycles. The fourth-order valence-electron chi connectivity index (χ4n) is 2.28. The molecule has 0 N–H and O–H groups in total. The zero-order valence-corrected chi connectivity index (χ0v) is 12.6. The largest absolute Gasteiger partial charge is 0.454 e. The first kappa shape index (κ1) is 13.8. The van der Waals surface area contributed by atoms with Crippen LogP contribution in [-0.4, -0.2) is 27.9 Å². The summed E-state index contributed by atoms with van der Waals surface area (Å²) in [6, 6.07) is 13.3. The van der Waals surface area contributed by atoms with Crippen molar-refractivity contribution in [3.8, 4) is 22.9 Å². The number of hydrogen-bond donors (Lipinski definition) is 0. The summed E-state index contributed by atoms with van der Waals surface area (Å²) >= 11 is 6.16. The highest BCUT2D eigenvalue weighted by Crippen LogP contribution is 2.39. The van der Waals surface area contributed by atoms with Crippen molar-refractivity contribution in [2.75, 3.05) is 6.79 Å². The van der Waals surface area contributed by atoms with Gasteiger partial charge in [0.15, 0.2) is 17.3 Å². The molecular formula is C16H11ClN4O2. The SMILES string of the molecule is Clc1cc(/C=N\n2cnnc2-c2ccccc2)cc2c1OCO2. The number of halogens is 1. The molecule has 1 aliphatic heterocycles. The topological polar surface area (TPSA) is 61.5 Å². The van der Waals surface area contributed by atoms with Crippen LogP contribution in [0.3, 0.4) is 0 Å². The molecule has 2 heterocycles. The predicted molar refractivity (Wildman–Crippen MR) is 86.0 cm³/mol. The molecule has 0 spiro atoms. The summed E-state index contributed by atoms with van der Waals surface area (Å²) < 4.78 is 12.2. The number of fused-ring (bicyclic) bond motifs is 1. The summed E-state index contributed by atoms with van der Waals surface area (Å²) in [5.41, 5.74) is 1.73. The second-order valence-electron chi connectivity index (χ2n) is 4.85. The minimum atomic E-state index is 0.180. The summed E-state index contributed by atoms with van der Waals surface area (Å²) in [5, 5.41) is 12.9. The number of aromatic nitrogens is 3. The van der Waals surface area contributed by atoms with E-state index in [4.69, 9.17) is 21.1 Å². The van der Waals surface area contributed by atoms with Crippen molar-refractivity contribution >= 4 is 17.8 Å². The first-order valence-electron chi connectivity index (χ1n) is 6.90. The highest BCUT2D eigenvalue weighted by Gasteiger charge is 2.17. The maximum Gasteiger partial charge on any atom is 0.231 e. The van der Waals surface area contributed by atoms with E-state index in [1.165, 1.54) is 0 Å². The van der Waals surface area contributed by atoms with E-state index >= 15 is 0 Å². The quantitative estimate of drug-likeness (QED) is 0.693. The normalized spacial score (nSPS) is 12.9. The molecular weight excluding hydrogens is 316 g/mol. The fourth-order valence-corrected chi connectivity index (χ4v) is 2.56. The van der Waals surface area contributed by atoms with Crippen LogP contribution in [0.15, 0.2) is 53.9 Å². The molecule has 6 nitrogen and oxygen atoms in total. The van der Waals surface area contributed by atoms with Gasteiger partial charge in [0.25, 0.3) is 0 Å². The molecule has 0 unspecified atom stereocenters. The van der Waals surface area contributed by atoms with E-state index in [1.54, 1.807) is 23.3 Å². The Morgan fingerprint density at radius 3 is 2.91 bits per heavy atom. The van der Waals surface area contributed by atoms with Gasteiger partial charge in [-0.2, -0.15) is 9.78 Å². The van der Waals surface area contributed by atoms with Crippen molar-refractivity contribution in [2.45, 2.75) is 0 Å². The summed E-state index contributed by atoms with van der Waals surface area (Å²) in [6.07, 6.45) is 3.22. The molecule has 0 atom stereocenters. The minimum Gasteiger partial charge on any atom is -0.454 e. The Balaban J connectivity index is 1.66. The van der Waals surface area contributed by atoms with Crippen LogP contribution in [0.2, 0.25) is 5.02 Å². The van der Waals surface area contributed by atoms with Crippen molar-refractivity contribution in [1.29, 1.82) is 0 Å². The van der Waals surface area contributed by atoms with Crippen LogP contribution in [0.1, 0.15) is 5.56 Å². The molecule has 114 valence electrons. The third kappa shape index (κ3) is 2.64. The highest BCUT2D eigenvalue weighted by molar-refractivity contribution is 6.32. The van der Waals surface area contributed by atoms with Gasteiger partial charge in [-0.3, -0.25) is 0 Å². The first-order chi connectivity index (χ1) is 11.3. The molecule has 3 aromatic rings. The van der Waals surface area contributed by atoms with Crippen LogP contribution in [0, 0.1) is 0 Å². The van der Waals surface area contributed by atoms with Gasteiger partial charge >= 0.3 is 0 Å². The molecule has 0 saturated heterocycles. The number of nitrogens with zero attached hydrogens (tertiary/aromatic N) is 4. The Hall–Kier alpha value is -2.86. The van der Waals surface area contributed by atoms with E-state index < -0.39 is 0 Å². The lowest BCUT2D eigenvalue weighted by atomic mass is 10.2. The standard InChI is InChI=1S/C16H11ClN4O2/c17-13-6-11(7-14-15(13)23-10-22-14)8-19-21-9-18-20-16(21)12-4-2-1-3-5-12/h1-9H,10H2/b19-8-. The van der Waals surface area contributed by atoms with Gasteiger partial charge in [0.2, 0.25) is 6.79 Å². The molecule has 0 bridgehead atoms. The van der Waals surface area contributed by atoms with E-state index in [2.05, 4.69) is 15.3 Å². The van der Waals surface area contributed by atoms with E-state index in [9.17, 15) is 0 Å². The van der Waals surface area contributed by atoms with Gasteiger partial charge in [-0.05, 0) is 17.7 Å². The smallest absolute Gasteiger partial charge is 0.231 e. The predicted octanol–water partition coefficient (Wildman–Crippen LogP) is 3.21. The average Bonchev–Trinajstić information content (AvgIpc) is 3.23. The maximum atomic E-state index is 6.16. The number of ether oxygens (including phenoxy) is 2. The highest BCUT2D eigenvalue weighted by atomic mass is 35.5. The van der Waals surface area contributed by atoms with Crippen molar-refractivity contribution in [2.24, 2.45) is 5.10 Å². The Kier molecular flexibility index (Phi) is 3.44. The van der Waals surface area contributed by atoms with Crippen molar-refractivity contribution in [3.63, 3.8) is 0 Å². The molecule has 0 saturated carbocycles. The minimum absolute atomic E-state index is 0.180. The third-order valence-corrected chi connectivity index (χ3v) is 3.62. The lowest BCUT2D eigenvalue weighted by Gasteiger charge is -2.02. The van der Waals surface area contributed by atoms with Crippen molar-refractivity contribution in [3.05, 3.63) is 59.4 Å². The Bertz CT molecular complexity index is 877. The lowest BCUT2D eigenvalue weighted by Crippen LogP contribution is -1.94. The van der Waals surface area contributed by atoms with Gasteiger partial charge in [0.05, 0.1) is 11.2 Å². The van der Waals surface area contributed by atoms with Gasteiger partial charge in [0, 0.05) is 5.56 Å². The van der Waals surface area contributed by atoms with E-state index in [1.807, 2.05) is 36.4 Å². The van der Waals surface area contributed by atoms with Gasteiger partial charge in [0.1, 0.15) is 6.33 Å². The summed E-state index contributed by atoms with van der Waals surface area (Å²) in [6.45, 7) is 0.180. The third-order valence-electron chi connectivity index (χ3n) is 3.34. The van der Waals surface area contributed by atoms with Gasteiger partial charge in [-0.15, -0.1) is 10.2 Å². The molecule has 2 aromatic carbocycles. The Labute approximate surface area is 136 Å². The van der Waals surface area contributed by atoms with Crippen molar-refractivity contribution in [1.82, 2.24) is 14.9 Å². The summed E-state index contributed by atoms with van der Waals surface area (Å²) in [7, 11) is 0. The van der Waals surface area contributed by atoms with Crippen LogP contribution in [0.4, 0.5) is 0 Å². The second-order valence-corrected chi connectivity index (χ2v) is 5.25. The maximum absolute atomic E-state index is 6.16. The van der Waals surface area contributed by atoms with E-state index in [0.29, 0.717) is 22.3 Å². The average molecular weight is 327 g/mol. The Morgan fingerprint density at radius 2 is 2.04 bits per heavy atom. The van der Waals surface area contributed by atoms with E-state index in [-0.39, 0.29) is 6.79 Å². The fraction of sp³-hybridized carbons (Fsp3) is 0.0625. The molecule has 0 radical (unpaired) electrons. The second kappa shape index (κ2) is 5.73. The molecule has 1 aliphatic rings. The van der Waals surface area contributed by atoms with Crippen LogP contribution in [0.25, 0.3) is 11.4 Å². The first-order valence-corrected chi connectivity index (χ1v) is 7.28. The number of rotatable bonds is 3. The van der Waals surface area contributed by atoms with E-state index in [0.717, 1.165) is 11.1 Å². The van der Waals surface area contributed by atoms with Crippen LogP contribution >= 0.6 is 11.6 Å². The van der Waals surface area contributed by atoms with Gasteiger partial charge in [-0.1, -0.05) is 41.9 Å². The molecule has 4 rings (SSSR count). The lowest BCUT2D eigenvalue weighted by molar-refractivity contribution is 0.174. The van der Waals surface area contributed by atoms with Crippen LogP contribution < -0.4 is 9.47 Å². The number of hydrogen-bond acceptors (Lipinski definition) is 5. The Morgan fingerprint density at radius 1 is 1.17 bits per heavy atom. The monoisotopic (exact) mass is 326 g/mol. The molecule has 23 heavy (non-hydrogen) atoms. The van der Waals surface area contributed by atoms with Gasteiger partial charge < -0.3 is 9.47 Å². The number of benzene rings is 2. The zero-order chi connectivity index (χ0) is 15.6. The molecule has 0 fully saturated rings. The van der Waals surface area contributed by atoms with Crippen molar-refractivity contribution < 1.29 is 9.47 Å². The van der Waals surface area contributed by atoms with Crippen LogP contribution in [0.5, 0.6) is 11.5 Å². The zero-order valence-electron chi connectivity index (χ0n) is 11.9.